The molecule has 0 radical (unpaired) electrons. The van der Waals surface area contributed by atoms with Crippen molar-refractivity contribution in [3.63, 3.8) is 0 Å². The molecule has 0 unspecified atom stereocenters. The van der Waals surface area contributed by atoms with Gasteiger partial charge in [0.15, 0.2) is 0 Å². The molecule has 16 heavy (non-hydrogen) atoms. The summed E-state index contributed by atoms with van der Waals surface area (Å²) in [6.45, 7) is 2.29. The first-order valence-corrected chi connectivity index (χ1v) is 6.42. The monoisotopic (exact) mass is 305 g/mol. The highest BCUT2D eigenvalue weighted by molar-refractivity contribution is 9.10. The van der Waals surface area contributed by atoms with Crippen LogP contribution in [0, 0.1) is 5.92 Å². The van der Waals surface area contributed by atoms with Crippen molar-refractivity contribution in [1.29, 1.82) is 0 Å². The second kappa shape index (κ2) is 5.80. The fourth-order valence-electron chi connectivity index (χ4n) is 1.25. The van der Waals surface area contributed by atoms with E-state index in [-0.39, 0.29) is 5.28 Å². The molecular weight excluding hydrogens is 293 g/mol. The van der Waals surface area contributed by atoms with Crippen molar-refractivity contribution < 1.29 is 4.74 Å². The third-order valence-electron chi connectivity index (χ3n) is 2.30. The van der Waals surface area contributed by atoms with Crippen LogP contribution in [-0.2, 0) is 4.74 Å². The number of ether oxygens (including phenoxy) is 1. The average Bonchev–Trinajstić information content (AvgIpc) is 3.06. The lowest BCUT2D eigenvalue weighted by Gasteiger charge is -2.07. The summed E-state index contributed by atoms with van der Waals surface area (Å²) in [6.07, 6.45) is 4.27. The number of aromatic nitrogens is 2. The van der Waals surface area contributed by atoms with Gasteiger partial charge in [-0.25, -0.2) is 4.98 Å². The Kier molecular flexibility index (Phi) is 4.37. The fourth-order valence-corrected chi connectivity index (χ4v) is 1.71. The molecule has 0 bridgehead atoms. The van der Waals surface area contributed by atoms with Gasteiger partial charge in [-0.1, -0.05) is 0 Å². The van der Waals surface area contributed by atoms with Gasteiger partial charge in [-0.2, -0.15) is 4.98 Å². The Labute approximate surface area is 108 Å². The zero-order valence-electron chi connectivity index (χ0n) is 8.75. The molecule has 0 aromatic carbocycles. The van der Waals surface area contributed by atoms with Gasteiger partial charge >= 0.3 is 0 Å². The molecule has 1 aromatic heterocycles. The van der Waals surface area contributed by atoms with E-state index in [1.165, 1.54) is 12.8 Å². The summed E-state index contributed by atoms with van der Waals surface area (Å²) in [5.41, 5.74) is 0. The molecule has 1 aliphatic carbocycles. The van der Waals surface area contributed by atoms with Crippen molar-refractivity contribution in [3.05, 3.63) is 16.0 Å². The van der Waals surface area contributed by atoms with E-state index >= 15 is 0 Å². The highest BCUT2D eigenvalue weighted by Gasteiger charge is 2.20. The van der Waals surface area contributed by atoms with Crippen molar-refractivity contribution >= 4 is 33.3 Å². The Morgan fingerprint density at radius 3 is 3.12 bits per heavy atom. The van der Waals surface area contributed by atoms with Crippen molar-refractivity contribution in [2.24, 2.45) is 5.92 Å². The molecule has 1 fully saturated rings. The third kappa shape index (κ3) is 3.88. The van der Waals surface area contributed by atoms with Gasteiger partial charge in [0.1, 0.15) is 5.82 Å². The van der Waals surface area contributed by atoms with Gasteiger partial charge in [-0.3, -0.25) is 0 Å². The van der Waals surface area contributed by atoms with Crippen molar-refractivity contribution in [3.8, 4) is 0 Å². The van der Waals surface area contributed by atoms with E-state index in [1.807, 2.05) is 0 Å². The summed E-state index contributed by atoms with van der Waals surface area (Å²) >= 11 is 9.04. The van der Waals surface area contributed by atoms with Gasteiger partial charge in [0.05, 0.1) is 11.1 Å². The van der Waals surface area contributed by atoms with Crippen LogP contribution >= 0.6 is 27.5 Å². The Hall–Kier alpha value is -0.390. The lowest BCUT2D eigenvalue weighted by Crippen LogP contribution is -2.12. The van der Waals surface area contributed by atoms with E-state index in [2.05, 4.69) is 31.2 Å². The molecule has 1 aromatic rings. The van der Waals surface area contributed by atoms with Crippen LogP contribution < -0.4 is 5.32 Å². The summed E-state index contributed by atoms with van der Waals surface area (Å²) in [5, 5.41) is 3.38. The number of nitrogens with zero attached hydrogens (tertiary/aromatic N) is 2. The van der Waals surface area contributed by atoms with Crippen LogP contribution in [0.4, 0.5) is 5.82 Å². The van der Waals surface area contributed by atoms with Crippen LogP contribution in [0.3, 0.4) is 0 Å². The van der Waals surface area contributed by atoms with Crippen LogP contribution in [0.5, 0.6) is 0 Å². The van der Waals surface area contributed by atoms with Gasteiger partial charge in [-0.15, -0.1) is 0 Å². The molecule has 6 heteroatoms. The van der Waals surface area contributed by atoms with Crippen LogP contribution in [0.15, 0.2) is 10.7 Å². The van der Waals surface area contributed by atoms with Crippen molar-refractivity contribution in [1.82, 2.24) is 9.97 Å². The van der Waals surface area contributed by atoms with Gasteiger partial charge in [0.2, 0.25) is 5.28 Å². The molecule has 2 rings (SSSR count). The second-order valence-corrected chi connectivity index (χ2v) is 4.97. The zero-order chi connectivity index (χ0) is 11.4. The second-order valence-electron chi connectivity index (χ2n) is 3.78. The predicted molar refractivity (Wildman–Crippen MR) is 66.8 cm³/mol. The highest BCUT2D eigenvalue weighted by atomic mass is 79.9. The first-order chi connectivity index (χ1) is 7.75. The maximum Gasteiger partial charge on any atom is 0.224 e. The first kappa shape index (κ1) is 12.1. The maximum atomic E-state index is 5.69. The predicted octanol–water partition coefficient (Wildman–Crippen LogP) is 2.73. The first-order valence-electron chi connectivity index (χ1n) is 5.25. The summed E-state index contributed by atoms with van der Waals surface area (Å²) < 4.78 is 6.30. The summed E-state index contributed by atoms with van der Waals surface area (Å²) in [4.78, 5) is 7.91. The van der Waals surface area contributed by atoms with Crippen LogP contribution in [-0.4, -0.2) is 29.7 Å². The minimum Gasteiger partial charge on any atom is -0.379 e. The number of hydrogen-bond acceptors (Lipinski definition) is 4. The zero-order valence-corrected chi connectivity index (χ0v) is 11.1. The third-order valence-corrected chi connectivity index (χ3v) is 3.07. The van der Waals surface area contributed by atoms with Gasteiger partial charge in [0.25, 0.3) is 0 Å². The molecule has 4 nitrogen and oxygen atoms in total. The minimum atomic E-state index is 0.240. The van der Waals surface area contributed by atoms with Gasteiger partial charge in [-0.05, 0) is 46.3 Å². The highest BCUT2D eigenvalue weighted by Crippen LogP contribution is 2.28. The molecule has 0 amide bonds. The average molecular weight is 307 g/mol. The molecular formula is C10H13BrClN3O. The molecule has 0 atom stereocenters. The fraction of sp³-hybridized carbons (Fsp3) is 0.600. The molecule has 1 heterocycles. The smallest absolute Gasteiger partial charge is 0.224 e. The molecule has 1 saturated carbocycles. The van der Waals surface area contributed by atoms with Crippen molar-refractivity contribution in [2.45, 2.75) is 12.8 Å². The SMILES string of the molecule is Clc1ncc(Br)c(NCCOCC2CC2)n1. The summed E-state index contributed by atoms with van der Waals surface area (Å²) in [6, 6.07) is 0. The maximum absolute atomic E-state index is 5.69. The summed E-state index contributed by atoms with van der Waals surface area (Å²) in [7, 11) is 0. The van der Waals surface area contributed by atoms with Gasteiger partial charge in [0, 0.05) is 19.3 Å². The minimum absolute atomic E-state index is 0.240. The number of hydrogen-bond donors (Lipinski definition) is 1. The Bertz CT molecular complexity index is 360. The van der Waals surface area contributed by atoms with E-state index in [4.69, 9.17) is 16.3 Å². The standard InChI is InChI=1S/C10H13BrClN3O/c11-8-5-14-10(12)15-9(8)13-3-4-16-6-7-1-2-7/h5,7H,1-4,6H2,(H,13,14,15). The number of anilines is 1. The molecule has 0 saturated heterocycles. The van der Waals surface area contributed by atoms with E-state index in [9.17, 15) is 0 Å². The van der Waals surface area contributed by atoms with E-state index in [0.29, 0.717) is 12.4 Å². The van der Waals surface area contributed by atoms with E-state index in [0.717, 1.165) is 23.5 Å². The number of rotatable bonds is 6. The Balaban J connectivity index is 1.69. The van der Waals surface area contributed by atoms with Crippen LogP contribution in [0.2, 0.25) is 5.28 Å². The lowest BCUT2D eigenvalue weighted by atomic mass is 10.5. The van der Waals surface area contributed by atoms with E-state index < -0.39 is 0 Å². The normalized spacial score (nSPS) is 15.1. The Morgan fingerprint density at radius 1 is 1.56 bits per heavy atom. The van der Waals surface area contributed by atoms with Crippen LogP contribution in [0.25, 0.3) is 0 Å². The molecule has 1 N–H and O–H groups in total. The van der Waals surface area contributed by atoms with Crippen LogP contribution in [0.1, 0.15) is 12.8 Å². The number of halogens is 2. The Morgan fingerprint density at radius 2 is 2.38 bits per heavy atom. The largest absolute Gasteiger partial charge is 0.379 e. The van der Waals surface area contributed by atoms with Gasteiger partial charge < -0.3 is 10.1 Å². The number of nitrogens with one attached hydrogen (secondary N) is 1. The quantitative estimate of drug-likeness (QED) is 0.648. The molecule has 1 aliphatic rings. The summed E-state index contributed by atoms with van der Waals surface area (Å²) in [5.74, 6) is 1.51. The van der Waals surface area contributed by atoms with E-state index in [1.54, 1.807) is 6.20 Å². The van der Waals surface area contributed by atoms with Crippen molar-refractivity contribution in [2.75, 3.05) is 25.1 Å². The molecule has 0 spiro atoms. The molecule has 88 valence electrons. The topological polar surface area (TPSA) is 47.0 Å². The lowest BCUT2D eigenvalue weighted by molar-refractivity contribution is 0.134. The molecule has 0 aliphatic heterocycles.